The SMILES string of the molecule is CCOc1ccc(S(=O)(=O)N2CCC(C#N)(c3ccccc3)CC2)c2cccnc12. The van der Waals surface area contributed by atoms with Crippen LogP contribution in [0, 0.1) is 11.3 Å². The highest BCUT2D eigenvalue weighted by Gasteiger charge is 2.40. The number of hydrogen-bond donors (Lipinski definition) is 0. The first-order valence-electron chi connectivity index (χ1n) is 9.99. The van der Waals surface area contributed by atoms with E-state index >= 15 is 0 Å². The van der Waals surface area contributed by atoms with Crippen LogP contribution in [0.1, 0.15) is 25.3 Å². The van der Waals surface area contributed by atoms with Gasteiger partial charge in [0.15, 0.2) is 0 Å². The van der Waals surface area contributed by atoms with Gasteiger partial charge in [0.05, 0.1) is 23.0 Å². The standard InChI is InChI=1S/C23H23N3O3S/c1-2-29-20-10-11-21(19-9-6-14-25-22(19)20)30(27,28)26-15-12-23(17-24,13-16-26)18-7-4-3-5-8-18/h3-11,14H,2,12-13,15-16H2,1H3. The molecule has 1 aliphatic rings. The zero-order chi connectivity index (χ0) is 21.2. The predicted molar refractivity (Wildman–Crippen MR) is 115 cm³/mol. The lowest BCUT2D eigenvalue weighted by atomic mass is 9.74. The van der Waals surface area contributed by atoms with E-state index in [-0.39, 0.29) is 4.90 Å². The van der Waals surface area contributed by atoms with Gasteiger partial charge in [0.25, 0.3) is 0 Å². The second kappa shape index (κ2) is 8.05. The molecule has 30 heavy (non-hydrogen) atoms. The summed E-state index contributed by atoms with van der Waals surface area (Å²) in [6.45, 7) is 2.93. The van der Waals surface area contributed by atoms with E-state index in [1.165, 1.54) is 4.31 Å². The van der Waals surface area contributed by atoms with Gasteiger partial charge in [-0.2, -0.15) is 9.57 Å². The lowest BCUT2D eigenvalue weighted by Crippen LogP contribution is -2.44. The Hall–Kier alpha value is -2.95. The molecule has 0 atom stereocenters. The fourth-order valence-corrected chi connectivity index (χ4v) is 5.71. The smallest absolute Gasteiger partial charge is 0.243 e. The van der Waals surface area contributed by atoms with E-state index in [2.05, 4.69) is 11.1 Å². The van der Waals surface area contributed by atoms with Crippen molar-refractivity contribution >= 4 is 20.9 Å². The Bertz CT molecular complexity index is 1200. The van der Waals surface area contributed by atoms with Gasteiger partial charge in [-0.3, -0.25) is 4.98 Å². The molecule has 1 aromatic heterocycles. The maximum atomic E-state index is 13.5. The fraction of sp³-hybridized carbons (Fsp3) is 0.304. The van der Waals surface area contributed by atoms with Crippen molar-refractivity contribution < 1.29 is 13.2 Å². The number of piperidine rings is 1. The van der Waals surface area contributed by atoms with Crippen molar-refractivity contribution in [3.05, 3.63) is 66.4 Å². The van der Waals surface area contributed by atoms with Gasteiger partial charge in [0, 0.05) is 24.7 Å². The summed E-state index contributed by atoms with van der Waals surface area (Å²) in [4.78, 5) is 4.56. The number of ether oxygens (including phenoxy) is 1. The minimum Gasteiger partial charge on any atom is -0.492 e. The van der Waals surface area contributed by atoms with Crippen LogP contribution in [-0.2, 0) is 15.4 Å². The van der Waals surface area contributed by atoms with Crippen LogP contribution in [0.15, 0.2) is 65.7 Å². The Balaban J connectivity index is 1.66. The second-order valence-electron chi connectivity index (χ2n) is 7.36. The van der Waals surface area contributed by atoms with Crippen LogP contribution in [0.3, 0.4) is 0 Å². The van der Waals surface area contributed by atoms with Gasteiger partial charge in [0.2, 0.25) is 10.0 Å². The van der Waals surface area contributed by atoms with Crippen molar-refractivity contribution in [2.75, 3.05) is 19.7 Å². The zero-order valence-electron chi connectivity index (χ0n) is 16.8. The third kappa shape index (κ3) is 3.42. The van der Waals surface area contributed by atoms with Crippen molar-refractivity contribution in [3.8, 4) is 11.8 Å². The van der Waals surface area contributed by atoms with Crippen LogP contribution in [0.4, 0.5) is 0 Å². The molecule has 2 heterocycles. The van der Waals surface area contributed by atoms with Crippen molar-refractivity contribution in [1.82, 2.24) is 9.29 Å². The molecule has 6 nitrogen and oxygen atoms in total. The molecular weight excluding hydrogens is 398 g/mol. The highest BCUT2D eigenvalue weighted by atomic mass is 32.2. The largest absolute Gasteiger partial charge is 0.492 e. The van der Waals surface area contributed by atoms with Gasteiger partial charge in [-0.1, -0.05) is 30.3 Å². The average molecular weight is 422 g/mol. The Morgan fingerprint density at radius 1 is 1.10 bits per heavy atom. The van der Waals surface area contributed by atoms with Gasteiger partial charge < -0.3 is 4.74 Å². The van der Waals surface area contributed by atoms with Crippen LogP contribution in [0.25, 0.3) is 10.9 Å². The molecule has 7 heteroatoms. The van der Waals surface area contributed by atoms with Crippen LogP contribution in [0.2, 0.25) is 0 Å². The number of hydrogen-bond acceptors (Lipinski definition) is 5. The molecule has 0 radical (unpaired) electrons. The minimum atomic E-state index is -3.73. The number of aromatic nitrogens is 1. The van der Waals surface area contributed by atoms with Gasteiger partial charge >= 0.3 is 0 Å². The molecular formula is C23H23N3O3S. The summed E-state index contributed by atoms with van der Waals surface area (Å²) in [5.74, 6) is 0.568. The molecule has 0 amide bonds. The lowest BCUT2D eigenvalue weighted by Gasteiger charge is -2.37. The van der Waals surface area contributed by atoms with Crippen molar-refractivity contribution in [2.24, 2.45) is 0 Å². The first-order valence-corrected chi connectivity index (χ1v) is 11.4. The maximum Gasteiger partial charge on any atom is 0.243 e. The molecule has 3 aromatic rings. The molecule has 0 aliphatic carbocycles. The van der Waals surface area contributed by atoms with E-state index in [0.29, 0.717) is 49.2 Å². The first-order chi connectivity index (χ1) is 14.5. The maximum absolute atomic E-state index is 13.5. The number of rotatable bonds is 5. The minimum absolute atomic E-state index is 0.221. The van der Waals surface area contributed by atoms with E-state index in [1.807, 2.05) is 37.3 Å². The molecule has 4 rings (SSSR count). The molecule has 0 bridgehead atoms. The summed E-state index contributed by atoms with van der Waals surface area (Å²) in [5.41, 5.74) is 0.823. The molecule has 0 spiro atoms. The van der Waals surface area contributed by atoms with E-state index in [0.717, 1.165) is 5.56 Å². The van der Waals surface area contributed by atoms with Crippen molar-refractivity contribution in [2.45, 2.75) is 30.1 Å². The van der Waals surface area contributed by atoms with Crippen molar-refractivity contribution in [3.63, 3.8) is 0 Å². The number of nitriles is 1. The molecule has 0 N–H and O–H groups in total. The summed E-state index contributed by atoms with van der Waals surface area (Å²) in [6.07, 6.45) is 2.54. The van der Waals surface area contributed by atoms with Gasteiger partial charge in [-0.15, -0.1) is 0 Å². The number of sulfonamides is 1. The van der Waals surface area contributed by atoms with Crippen LogP contribution in [0.5, 0.6) is 5.75 Å². The molecule has 2 aromatic carbocycles. The van der Waals surface area contributed by atoms with Crippen LogP contribution >= 0.6 is 0 Å². The normalized spacial score (nSPS) is 16.8. The van der Waals surface area contributed by atoms with E-state index in [9.17, 15) is 13.7 Å². The molecule has 0 saturated carbocycles. The number of nitrogens with zero attached hydrogens (tertiary/aromatic N) is 3. The lowest BCUT2D eigenvalue weighted by molar-refractivity contribution is 0.277. The third-order valence-electron chi connectivity index (χ3n) is 5.73. The summed E-state index contributed by atoms with van der Waals surface area (Å²) in [6, 6.07) is 18.8. The second-order valence-corrected chi connectivity index (χ2v) is 9.26. The molecule has 0 unspecified atom stereocenters. The highest BCUT2D eigenvalue weighted by Crippen LogP contribution is 2.38. The van der Waals surface area contributed by atoms with Gasteiger partial charge in [0.1, 0.15) is 11.3 Å². The van der Waals surface area contributed by atoms with Gasteiger partial charge in [-0.05, 0) is 49.6 Å². The molecule has 1 aliphatic heterocycles. The molecule has 1 saturated heterocycles. The monoisotopic (exact) mass is 421 g/mol. The third-order valence-corrected chi connectivity index (χ3v) is 7.68. The topological polar surface area (TPSA) is 83.3 Å². The van der Waals surface area contributed by atoms with E-state index in [4.69, 9.17) is 4.74 Å². The molecule has 154 valence electrons. The van der Waals surface area contributed by atoms with Gasteiger partial charge in [-0.25, -0.2) is 8.42 Å². The summed E-state index contributed by atoms with van der Waals surface area (Å²) in [7, 11) is -3.73. The Morgan fingerprint density at radius 3 is 2.50 bits per heavy atom. The Labute approximate surface area is 176 Å². The predicted octanol–water partition coefficient (Wildman–Crippen LogP) is 3.88. The first kappa shape index (κ1) is 20.3. The zero-order valence-corrected chi connectivity index (χ0v) is 17.6. The average Bonchev–Trinajstić information content (AvgIpc) is 2.80. The van der Waals surface area contributed by atoms with Crippen LogP contribution in [-0.4, -0.2) is 37.4 Å². The van der Waals surface area contributed by atoms with E-state index in [1.54, 1.807) is 30.5 Å². The summed E-state index contributed by atoms with van der Waals surface area (Å²) >= 11 is 0. The van der Waals surface area contributed by atoms with E-state index < -0.39 is 15.4 Å². The fourth-order valence-electron chi connectivity index (χ4n) is 4.09. The quantitative estimate of drug-likeness (QED) is 0.624. The number of fused-ring (bicyclic) bond motifs is 1. The number of benzene rings is 2. The molecule has 1 fully saturated rings. The van der Waals surface area contributed by atoms with Crippen molar-refractivity contribution in [1.29, 1.82) is 5.26 Å². The van der Waals surface area contributed by atoms with Crippen LogP contribution < -0.4 is 4.74 Å². The summed E-state index contributed by atoms with van der Waals surface area (Å²) < 4.78 is 34.1. The Kier molecular flexibility index (Phi) is 5.46. The highest BCUT2D eigenvalue weighted by molar-refractivity contribution is 7.89. The summed E-state index contributed by atoms with van der Waals surface area (Å²) in [5, 5.41) is 10.4. The Morgan fingerprint density at radius 2 is 1.83 bits per heavy atom. The number of pyridine rings is 1.